The van der Waals surface area contributed by atoms with Crippen LogP contribution < -0.4 is 4.74 Å². The molecule has 0 unspecified atom stereocenters. The highest BCUT2D eigenvalue weighted by Gasteiger charge is 2.20. The Balaban J connectivity index is 1.54. The van der Waals surface area contributed by atoms with Crippen LogP contribution in [0.4, 0.5) is 0 Å². The summed E-state index contributed by atoms with van der Waals surface area (Å²) in [6.07, 6.45) is 1.71. The van der Waals surface area contributed by atoms with Crippen LogP contribution in [0.3, 0.4) is 0 Å². The van der Waals surface area contributed by atoms with E-state index >= 15 is 0 Å². The van der Waals surface area contributed by atoms with Gasteiger partial charge in [0.15, 0.2) is 6.61 Å². The number of fused-ring (bicyclic) bond motifs is 1. The number of hydrogen-bond acceptors (Lipinski definition) is 4. The van der Waals surface area contributed by atoms with E-state index in [-0.39, 0.29) is 19.1 Å². The lowest BCUT2D eigenvalue weighted by atomic mass is 10.1. The number of halogens is 2. The zero-order chi connectivity index (χ0) is 19.4. The summed E-state index contributed by atoms with van der Waals surface area (Å²) in [4.78, 5) is 25.9. The Kier molecular flexibility index (Phi) is 6.04. The molecule has 140 valence electrons. The first-order chi connectivity index (χ1) is 12.9. The molecule has 0 saturated carbocycles. The lowest BCUT2D eigenvalue weighted by Crippen LogP contribution is -2.31. The van der Waals surface area contributed by atoms with Crippen LogP contribution in [-0.4, -0.2) is 37.0 Å². The Morgan fingerprint density at radius 2 is 1.93 bits per heavy atom. The molecule has 0 N–H and O–H groups in total. The summed E-state index contributed by atoms with van der Waals surface area (Å²) in [5.41, 5.74) is 2.00. The van der Waals surface area contributed by atoms with Gasteiger partial charge in [-0.2, -0.15) is 0 Å². The van der Waals surface area contributed by atoms with E-state index in [1.54, 1.807) is 31.3 Å². The molecule has 7 heteroatoms. The topological polar surface area (TPSA) is 55.8 Å². The zero-order valence-electron chi connectivity index (χ0n) is 14.6. The van der Waals surface area contributed by atoms with Crippen LogP contribution in [0.5, 0.6) is 5.75 Å². The first-order valence-corrected chi connectivity index (χ1v) is 8.97. The summed E-state index contributed by atoms with van der Waals surface area (Å²) < 4.78 is 10.7. The molecule has 0 bridgehead atoms. The number of hydrogen-bond donors (Lipinski definition) is 0. The molecule has 0 aromatic heterocycles. The van der Waals surface area contributed by atoms with Gasteiger partial charge in [0.2, 0.25) is 0 Å². The Morgan fingerprint density at radius 1 is 1.15 bits per heavy atom. The highest BCUT2D eigenvalue weighted by atomic mass is 35.5. The number of amides is 1. The summed E-state index contributed by atoms with van der Waals surface area (Å²) in [6, 6.07) is 12.5. The molecule has 1 aliphatic heterocycles. The van der Waals surface area contributed by atoms with Crippen molar-refractivity contribution in [3.8, 4) is 5.75 Å². The smallest absolute Gasteiger partial charge is 0.338 e. The highest BCUT2D eigenvalue weighted by Crippen LogP contribution is 2.26. The third-order valence-corrected chi connectivity index (χ3v) is 4.79. The van der Waals surface area contributed by atoms with Crippen LogP contribution in [0.25, 0.3) is 6.08 Å². The quantitative estimate of drug-likeness (QED) is 0.706. The molecule has 0 fully saturated rings. The van der Waals surface area contributed by atoms with Gasteiger partial charge in [0.25, 0.3) is 5.91 Å². The third kappa shape index (κ3) is 4.81. The largest absolute Gasteiger partial charge is 0.488 e. The molecule has 1 heterocycles. The van der Waals surface area contributed by atoms with E-state index in [2.05, 4.69) is 0 Å². The van der Waals surface area contributed by atoms with Crippen molar-refractivity contribution in [1.82, 2.24) is 4.90 Å². The second kappa shape index (κ2) is 8.46. The van der Waals surface area contributed by atoms with E-state index in [4.69, 9.17) is 32.7 Å². The SMILES string of the molecule is CN(Cc1ccc(Cl)c(Cl)c1)C(=O)COC(=O)C1=Cc2ccccc2OC1. The zero-order valence-corrected chi connectivity index (χ0v) is 16.1. The Labute approximate surface area is 167 Å². The average Bonchev–Trinajstić information content (AvgIpc) is 2.68. The minimum Gasteiger partial charge on any atom is -0.488 e. The lowest BCUT2D eigenvalue weighted by Gasteiger charge is -2.19. The molecule has 0 spiro atoms. The fourth-order valence-electron chi connectivity index (χ4n) is 2.56. The fourth-order valence-corrected chi connectivity index (χ4v) is 2.88. The first kappa shape index (κ1) is 19.3. The Morgan fingerprint density at radius 3 is 2.70 bits per heavy atom. The van der Waals surface area contributed by atoms with E-state index < -0.39 is 5.97 Å². The molecule has 0 atom stereocenters. The van der Waals surface area contributed by atoms with Crippen molar-refractivity contribution in [1.29, 1.82) is 0 Å². The molecular formula is C20H17Cl2NO4. The summed E-state index contributed by atoms with van der Waals surface area (Å²) in [5, 5.41) is 0.874. The number of esters is 1. The second-order valence-electron chi connectivity index (χ2n) is 6.07. The summed E-state index contributed by atoms with van der Waals surface area (Å²) in [6.45, 7) is 0.0885. The molecule has 1 aliphatic rings. The molecule has 2 aromatic rings. The molecule has 0 saturated heterocycles. The number of para-hydroxylation sites is 1. The van der Waals surface area contributed by atoms with Gasteiger partial charge in [0.05, 0.1) is 15.6 Å². The summed E-state index contributed by atoms with van der Waals surface area (Å²) in [5.74, 6) is -0.181. The molecule has 5 nitrogen and oxygen atoms in total. The van der Waals surface area contributed by atoms with Crippen molar-refractivity contribution >= 4 is 41.2 Å². The number of benzene rings is 2. The van der Waals surface area contributed by atoms with Gasteiger partial charge in [0.1, 0.15) is 12.4 Å². The monoisotopic (exact) mass is 405 g/mol. The fraction of sp³-hybridized carbons (Fsp3) is 0.200. The number of nitrogens with zero attached hydrogens (tertiary/aromatic N) is 1. The number of rotatable bonds is 5. The van der Waals surface area contributed by atoms with Crippen molar-refractivity contribution in [3.05, 3.63) is 69.2 Å². The number of ether oxygens (including phenoxy) is 2. The van der Waals surface area contributed by atoms with Gasteiger partial charge in [-0.1, -0.05) is 47.5 Å². The Bertz CT molecular complexity index is 911. The summed E-state index contributed by atoms with van der Waals surface area (Å²) in [7, 11) is 1.62. The van der Waals surface area contributed by atoms with E-state index in [0.29, 0.717) is 27.9 Å². The standard InChI is InChI=1S/C20H17Cl2NO4/c1-23(10-13-6-7-16(21)17(22)8-13)19(24)12-27-20(25)15-9-14-4-2-3-5-18(14)26-11-15/h2-9H,10-12H2,1H3. The van der Waals surface area contributed by atoms with Gasteiger partial charge in [-0.25, -0.2) is 4.79 Å². The first-order valence-electron chi connectivity index (χ1n) is 8.21. The van der Waals surface area contributed by atoms with Crippen molar-refractivity contribution in [2.75, 3.05) is 20.3 Å². The lowest BCUT2D eigenvalue weighted by molar-refractivity contribution is -0.148. The number of carbonyl (C=O) groups is 2. The molecule has 27 heavy (non-hydrogen) atoms. The second-order valence-corrected chi connectivity index (χ2v) is 6.88. The van der Waals surface area contributed by atoms with Crippen LogP contribution in [0.1, 0.15) is 11.1 Å². The maximum absolute atomic E-state index is 12.2. The van der Waals surface area contributed by atoms with Crippen LogP contribution in [0.15, 0.2) is 48.0 Å². The maximum atomic E-state index is 12.2. The molecule has 0 radical (unpaired) electrons. The molecular weight excluding hydrogens is 389 g/mol. The molecule has 3 rings (SSSR count). The van der Waals surface area contributed by atoms with Crippen LogP contribution in [0, 0.1) is 0 Å². The minimum absolute atomic E-state index is 0.114. The van der Waals surface area contributed by atoms with Crippen molar-refractivity contribution in [2.24, 2.45) is 0 Å². The molecule has 0 aliphatic carbocycles. The highest BCUT2D eigenvalue weighted by molar-refractivity contribution is 6.42. The predicted octanol–water partition coefficient (Wildman–Crippen LogP) is 3.97. The third-order valence-electron chi connectivity index (χ3n) is 4.05. The van der Waals surface area contributed by atoms with Crippen molar-refractivity contribution in [2.45, 2.75) is 6.54 Å². The normalized spacial score (nSPS) is 12.5. The molecule has 1 amide bonds. The van der Waals surface area contributed by atoms with Gasteiger partial charge in [-0.05, 0) is 29.8 Å². The van der Waals surface area contributed by atoms with Gasteiger partial charge in [-0.3, -0.25) is 4.79 Å². The maximum Gasteiger partial charge on any atom is 0.338 e. The van der Waals surface area contributed by atoms with Gasteiger partial charge >= 0.3 is 5.97 Å². The van der Waals surface area contributed by atoms with Gasteiger partial charge in [-0.15, -0.1) is 0 Å². The van der Waals surface area contributed by atoms with Crippen molar-refractivity contribution < 1.29 is 19.1 Å². The van der Waals surface area contributed by atoms with Crippen molar-refractivity contribution in [3.63, 3.8) is 0 Å². The average molecular weight is 406 g/mol. The van der Waals surface area contributed by atoms with E-state index in [1.807, 2.05) is 24.3 Å². The minimum atomic E-state index is -0.569. The van der Waals surface area contributed by atoms with E-state index in [0.717, 1.165) is 11.1 Å². The summed E-state index contributed by atoms with van der Waals surface area (Å²) >= 11 is 11.9. The van der Waals surface area contributed by atoms with Crippen LogP contribution in [-0.2, 0) is 20.9 Å². The molecule has 2 aromatic carbocycles. The van der Waals surface area contributed by atoms with E-state index in [9.17, 15) is 9.59 Å². The number of likely N-dealkylation sites (N-methyl/N-ethyl adjacent to an activating group) is 1. The van der Waals surface area contributed by atoms with Crippen LogP contribution >= 0.6 is 23.2 Å². The Hall–Kier alpha value is -2.50. The van der Waals surface area contributed by atoms with Gasteiger partial charge < -0.3 is 14.4 Å². The van der Waals surface area contributed by atoms with E-state index in [1.165, 1.54) is 4.90 Å². The van der Waals surface area contributed by atoms with Crippen LogP contribution in [0.2, 0.25) is 10.0 Å². The number of carbonyl (C=O) groups excluding carboxylic acids is 2. The van der Waals surface area contributed by atoms with Gasteiger partial charge in [0, 0.05) is 19.2 Å². The predicted molar refractivity (Wildman–Crippen MR) is 104 cm³/mol.